The lowest BCUT2D eigenvalue weighted by Gasteiger charge is -2.24. The van der Waals surface area contributed by atoms with E-state index in [2.05, 4.69) is 11.6 Å². The Hall–Kier alpha value is -1.85. The fraction of sp³-hybridized carbons (Fsp3) is 0.471. The second kappa shape index (κ2) is 8.13. The maximum atomic E-state index is 13.1. The Morgan fingerprint density at radius 1 is 1.35 bits per heavy atom. The number of hydrogen-bond donors (Lipinski definition) is 0. The van der Waals surface area contributed by atoms with E-state index in [0.717, 1.165) is 11.6 Å². The van der Waals surface area contributed by atoms with Crippen LogP contribution in [-0.4, -0.2) is 17.3 Å². The van der Waals surface area contributed by atoms with Crippen molar-refractivity contribution in [2.24, 2.45) is 5.92 Å². The Morgan fingerprint density at radius 2 is 2.00 bits per heavy atom. The number of ether oxygens (including phenoxy) is 1. The molecule has 0 aliphatic carbocycles. The molecule has 1 unspecified atom stereocenters. The quantitative estimate of drug-likeness (QED) is 0.375. The molecule has 23 heavy (non-hydrogen) atoms. The number of allylic oxidation sites excluding steroid dienone is 2. The van der Waals surface area contributed by atoms with Gasteiger partial charge in [0.25, 0.3) is 0 Å². The van der Waals surface area contributed by atoms with Crippen LogP contribution in [0.2, 0.25) is 0 Å². The second-order valence-corrected chi connectivity index (χ2v) is 5.79. The number of pyridine rings is 1. The molecule has 2 atom stereocenters. The molecule has 1 rings (SSSR count). The zero-order valence-corrected chi connectivity index (χ0v) is 13.5. The minimum Gasteiger partial charge on any atom is -0.469 e. The lowest BCUT2D eigenvalue weighted by Crippen LogP contribution is -2.30. The molecule has 0 amide bonds. The summed E-state index contributed by atoms with van der Waals surface area (Å²) in [4.78, 5) is 3.45. The summed E-state index contributed by atoms with van der Waals surface area (Å²) in [5.74, 6) is -1.05. The molecule has 0 radical (unpaired) electrons. The van der Waals surface area contributed by atoms with Gasteiger partial charge in [0.1, 0.15) is 6.10 Å². The van der Waals surface area contributed by atoms with Crippen LogP contribution in [0.3, 0.4) is 0 Å². The maximum absolute atomic E-state index is 13.1. The van der Waals surface area contributed by atoms with Gasteiger partial charge in [0.2, 0.25) is 11.8 Å². The Morgan fingerprint density at radius 3 is 2.52 bits per heavy atom. The number of halogens is 4. The first kappa shape index (κ1) is 19.2. The summed E-state index contributed by atoms with van der Waals surface area (Å²) in [6, 6.07) is 3.75. The third-order valence-electron chi connectivity index (χ3n) is 3.25. The summed E-state index contributed by atoms with van der Waals surface area (Å²) >= 11 is 0. The Kier molecular flexibility index (Phi) is 6.79. The van der Waals surface area contributed by atoms with E-state index in [1.54, 1.807) is 0 Å². The van der Waals surface area contributed by atoms with Gasteiger partial charge in [-0.25, -0.2) is 0 Å². The van der Waals surface area contributed by atoms with E-state index < -0.39 is 23.8 Å². The molecule has 6 heteroatoms. The normalized spacial score (nSPS) is 14.0. The monoisotopic (exact) mass is 331 g/mol. The van der Waals surface area contributed by atoms with E-state index in [9.17, 15) is 17.6 Å². The summed E-state index contributed by atoms with van der Waals surface area (Å²) in [5, 5.41) is 0. The van der Waals surface area contributed by atoms with Crippen molar-refractivity contribution in [2.75, 3.05) is 0 Å². The third-order valence-corrected chi connectivity index (χ3v) is 3.25. The van der Waals surface area contributed by atoms with Gasteiger partial charge in [-0.2, -0.15) is 22.5 Å². The van der Waals surface area contributed by atoms with Gasteiger partial charge in [-0.3, -0.25) is 0 Å². The molecule has 0 saturated carbocycles. The molecule has 0 bridgehead atoms. The van der Waals surface area contributed by atoms with E-state index in [1.165, 1.54) is 12.1 Å². The van der Waals surface area contributed by atoms with Gasteiger partial charge in [-0.05, 0) is 38.7 Å². The molecule has 2 nitrogen and oxygen atoms in total. The van der Waals surface area contributed by atoms with E-state index in [0.29, 0.717) is 6.42 Å². The predicted molar refractivity (Wildman–Crippen MR) is 81.6 cm³/mol. The van der Waals surface area contributed by atoms with E-state index in [1.807, 2.05) is 26.8 Å². The molecular formula is C17H21F4NO. The fourth-order valence-corrected chi connectivity index (χ4v) is 1.94. The first-order chi connectivity index (χ1) is 10.6. The van der Waals surface area contributed by atoms with Crippen LogP contribution in [-0.2, 0) is 0 Å². The Labute approximate surface area is 133 Å². The van der Waals surface area contributed by atoms with Crippen LogP contribution in [0.15, 0.2) is 42.0 Å². The first-order valence-corrected chi connectivity index (χ1v) is 7.28. The minimum atomic E-state index is -4.58. The largest absolute Gasteiger partial charge is 0.469 e. The highest BCUT2D eigenvalue weighted by Gasteiger charge is 2.38. The predicted octanol–water partition coefficient (Wildman–Crippen LogP) is 5.47. The van der Waals surface area contributed by atoms with Crippen molar-refractivity contribution >= 4 is 0 Å². The van der Waals surface area contributed by atoms with Crippen molar-refractivity contribution in [3.05, 3.63) is 47.9 Å². The van der Waals surface area contributed by atoms with Gasteiger partial charge in [-0.15, -0.1) is 0 Å². The average Bonchev–Trinajstić information content (AvgIpc) is 2.42. The fourth-order valence-electron chi connectivity index (χ4n) is 1.94. The summed E-state index contributed by atoms with van der Waals surface area (Å²) in [6.07, 6.45) is -3.18. The zero-order chi connectivity index (χ0) is 17.6. The molecule has 0 N–H and O–H groups in total. The molecular weight excluding hydrogens is 310 g/mol. The molecule has 0 spiro atoms. The smallest absolute Gasteiger partial charge is 0.415 e. The first-order valence-electron chi connectivity index (χ1n) is 7.28. The molecule has 0 aliphatic heterocycles. The highest BCUT2D eigenvalue weighted by Crippen LogP contribution is 2.32. The highest BCUT2D eigenvalue weighted by atomic mass is 19.4. The Bertz CT molecular complexity index is 562. The van der Waals surface area contributed by atoms with Gasteiger partial charge >= 0.3 is 6.18 Å². The van der Waals surface area contributed by atoms with Crippen LogP contribution >= 0.6 is 0 Å². The van der Waals surface area contributed by atoms with Gasteiger partial charge < -0.3 is 4.74 Å². The summed E-state index contributed by atoms with van der Waals surface area (Å²) in [6.45, 7) is 8.78. The lowest BCUT2D eigenvalue weighted by molar-refractivity contribution is -0.104. The molecule has 0 fully saturated rings. The van der Waals surface area contributed by atoms with Crippen molar-refractivity contribution in [2.45, 2.75) is 45.9 Å². The van der Waals surface area contributed by atoms with Crippen molar-refractivity contribution in [1.29, 1.82) is 0 Å². The van der Waals surface area contributed by atoms with Crippen LogP contribution in [0.25, 0.3) is 0 Å². The molecule has 1 heterocycles. The molecule has 1 aromatic heterocycles. The van der Waals surface area contributed by atoms with Gasteiger partial charge in [-0.1, -0.05) is 31.2 Å². The van der Waals surface area contributed by atoms with E-state index >= 15 is 0 Å². The molecule has 0 saturated heterocycles. The van der Waals surface area contributed by atoms with E-state index in [-0.39, 0.29) is 18.2 Å². The lowest BCUT2D eigenvalue weighted by atomic mass is 9.95. The van der Waals surface area contributed by atoms with Crippen molar-refractivity contribution < 1.29 is 22.3 Å². The highest BCUT2D eigenvalue weighted by molar-refractivity contribution is 5.16. The third kappa shape index (κ3) is 6.84. The van der Waals surface area contributed by atoms with Crippen molar-refractivity contribution in [1.82, 2.24) is 4.98 Å². The SMILES string of the molecule is C=C(C(C[C@H](C)CC=C(C)C)Oc1cccc(F)n1)C(F)(F)F. The Balaban J connectivity index is 2.89. The number of hydrogen-bond acceptors (Lipinski definition) is 2. The molecule has 128 valence electrons. The number of alkyl halides is 3. The topological polar surface area (TPSA) is 22.1 Å². The van der Waals surface area contributed by atoms with Gasteiger partial charge in [0.15, 0.2) is 0 Å². The second-order valence-electron chi connectivity index (χ2n) is 5.79. The van der Waals surface area contributed by atoms with Crippen LogP contribution in [0, 0.1) is 11.9 Å². The summed E-state index contributed by atoms with van der Waals surface area (Å²) in [5.41, 5.74) is 0.100. The van der Waals surface area contributed by atoms with Crippen LogP contribution < -0.4 is 4.74 Å². The molecule has 0 aromatic carbocycles. The summed E-state index contributed by atoms with van der Waals surface area (Å²) < 4.78 is 57.2. The van der Waals surface area contributed by atoms with Crippen LogP contribution in [0.4, 0.5) is 17.6 Å². The zero-order valence-electron chi connectivity index (χ0n) is 13.5. The van der Waals surface area contributed by atoms with Crippen molar-refractivity contribution in [3.8, 4) is 5.88 Å². The maximum Gasteiger partial charge on any atom is 0.415 e. The summed E-state index contributed by atoms with van der Waals surface area (Å²) in [7, 11) is 0. The van der Waals surface area contributed by atoms with Crippen LogP contribution in [0.5, 0.6) is 5.88 Å². The number of nitrogens with zero attached hydrogens (tertiary/aromatic N) is 1. The molecule has 1 aromatic rings. The van der Waals surface area contributed by atoms with E-state index in [4.69, 9.17) is 4.74 Å². The number of aromatic nitrogens is 1. The number of rotatable bonds is 7. The minimum absolute atomic E-state index is 0.0532. The van der Waals surface area contributed by atoms with Crippen molar-refractivity contribution in [3.63, 3.8) is 0 Å². The average molecular weight is 331 g/mol. The molecule has 0 aliphatic rings. The van der Waals surface area contributed by atoms with Gasteiger partial charge in [0.05, 0.1) is 5.57 Å². The van der Waals surface area contributed by atoms with Gasteiger partial charge in [0, 0.05) is 6.07 Å². The standard InChI is InChI=1S/C17H21F4NO/c1-11(2)8-9-12(3)10-14(13(4)17(19,20)21)23-16-7-5-6-15(18)22-16/h5-8,12,14H,4,9-10H2,1-3H3/t12-,14?/m1/s1. The van der Waals surface area contributed by atoms with Crippen LogP contribution in [0.1, 0.15) is 33.6 Å².